The zero-order valence-electron chi connectivity index (χ0n) is 8.41. The lowest BCUT2D eigenvalue weighted by molar-refractivity contribution is 0.351. The van der Waals surface area contributed by atoms with Crippen molar-refractivity contribution in [3.05, 3.63) is 52.3 Å². The molecule has 2 nitrogen and oxygen atoms in total. The smallest absolute Gasteiger partial charge is 0.200 e. The Labute approximate surface area is 107 Å². The molecule has 87 valence electrons. The Morgan fingerprint density at radius 2 is 1.82 bits per heavy atom. The van der Waals surface area contributed by atoms with Gasteiger partial charge in [0.05, 0.1) is 0 Å². The standard InChI is InChI=1S/C12H6Cl2FO2/c13-7-4-5-10(8(15)6-7)17-11-3-1-2-9(16)12(11)14/h1-6H. The predicted molar refractivity (Wildman–Crippen MR) is 63.1 cm³/mol. The van der Waals surface area contributed by atoms with E-state index in [0.717, 1.165) is 6.07 Å². The van der Waals surface area contributed by atoms with Crippen LogP contribution in [-0.2, 0) is 5.11 Å². The molecule has 0 saturated carbocycles. The van der Waals surface area contributed by atoms with Gasteiger partial charge >= 0.3 is 0 Å². The summed E-state index contributed by atoms with van der Waals surface area (Å²) >= 11 is 11.3. The average Bonchev–Trinajstić information content (AvgIpc) is 2.28. The normalized spacial score (nSPS) is 10.3. The molecule has 5 heteroatoms. The first-order chi connectivity index (χ1) is 8.08. The Balaban J connectivity index is 2.35. The van der Waals surface area contributed by atoms with Crippen LogP contribution in [0.1, 0.15) is 0 Å². The Morgan fingerprint density at radius 1 is 1.06 bits per heavy atom. The summed E-state index contributed by atoms with van der Waals surface area (Å²) in [5.41, 5.74) is 0. The van der Waals surface area contributed by atoms with Gasteiger partial charge < -0.3 is 4.74 Å². The predicted octanol–water partition coefficient (Wildman–Crippen LogP) is 5.07. The van der Waals surface area contributed by atoms with Crippen molar-refractivity contribution < 1.29 is 14.2 Å². The molecule has 0 amide bonds. The summed E-state index contributed by atoms with van der Waals surface area (Å²) < 4.78 is 18.6. The monoisotopic (exact) mass is 271 g/mol. The fourth-order valence-corrected chi connectivity index (χ4v) is 1.57. The van der Waals surface area contributed by atoms with Crippen molar-refractivity contribution in [3.63, 3.8) is 0 Å². The van der Waals surface area contributed by atoms with Crippen LogP contribution in [0.15, 0.2) is 36.4 Å². The van der Waals surface area contributed by atoms with Crippen LogP contribution in [0.5, 0.6) is 17.2 Å². The van der Waals surface area contributed by atoms with Gasteiger partial charge in [0.1, 0.15) is 10.8 Å². The number of rotatable bonds is 2. The molecule has 0 aromatic heterocycles. The molecule has 17 heavy (non-hydrogen) atoms. The van der Waals surface area contributed by atoms with E-state index >= 15 is 0 Å². The lowest BCUT2D eigenvalue weighted by atomic mass is 10.3. The number of benzene rings is 2. The molecule has 1 radical (unpaired) electrons. The maximum Gasteiger partial charge on any atom is 0.200 e. The van der Waals surface area contributed by atoms with Crippen molar-refractivity contribution >= 4 is 23.2 Å². The topological polar surface area (TPSA) is 29.1 Å². The molecule has 0 aliphatic heterocycles. The average molecular weight is 272 g/mol. The lowest BCUT2D eigenvalue weighted by Gasteiger charge is -2.08. The molecule has 2 aromatic carbocycles. The van der Waals surface area contributed by atoms with Crippen molar-refractivity contribution in [1.82, 2.24) is 0 Å². The second-order valence-electron chi connectivity index (χ2n) is 3.25. The Bertz CT molecular complexity index is 558. The highest BCUT2D eigenvalue weighted by atomic mass is 35.5. The van der Waals surface area contributed by atoms with Gasteiger partial charge in [0.15, 0.2) is 11.6 Å². The molecule has 0 spiro atoms. The molecule has 0 bridgehead atoms. The third kappa shape index (κ3) is 2.62. The van der Waals surface area contributed by atoms with Gasteiger partial charge in [0, 0.05) is 5.02 Å². The molecular weight excluding hydrogens is 266 g/mol. The Kier molecular flexibility index (Phi) is 3.41. The highest BCUT2D eigenvalue weighted by molar-refractivity contribution is 6.33. The minimum absolute atomic E-state index is 0.0399. The van der Waals surface area contributed by atoms with Crippen LogP contribution in [-0.4, -0.2) is 0 Å². The molecule has 0 unspecified atom stereocenters. The molecule has 0 fully saturated rings. The van der Waals surface area contributed by atoms with E-state index in [2.05, 4.69) is 0 Å². The minimum Gasteiger partial charge on any atom is -0.453 e. The van der Waals surface area contributed by atoms with E-state index in [1.165, 1.54) is 30.3 Å². The van der Waals surface area contributed by atoms with Crippen molar-refractivity contribution in [3.8, 4) is 17.2 Å². The SMILES string of the molecule is [O]c1cccc(Oc2ccc(Cl)cc2F)c1Cl. The number of hydrogen-bond donors (Lipinski definition) is 0. The summed E-state index contributed by atoms with van der Waals surface area (Å²) in [6, 6.07) is 8.23. The van der Waals surface area contributed by atoms with E-state index in [1.807, 2.05) is 0 Å². The maximum atomic E-state index is 13.4. The van der Waals surface area contributed by atoms with Crippen LogP contribution in [0.25, 0.3) is 0 Å². The third-order valence-electron chi connectivity index (χ3n) is 2.04. The molecule has 0 N–H and O–H groups in total. The van der Waals surface area contributed by atoms with Gasteiger partial charge in [-0.25, -0.2) is 4.39 Å². The van der Waals surface area contributed by atoms with Gasteiger partial charge in [0.2, 0.25) is 5.75 Å². The molecule has 0 heterocycles. The van der Waals surface area contributed by atoms with Crippen molar-refractivity contribution in [2.75, 3.05) is 0 Å². The van der Waals surface area contributed by atoms with E-state index in [9.17, 15) is 9.50 Å². The molecular formula is C12H6Cl2FO2. The van der Waals surface area contributed by atoms with Crippen molar-refractivity contribution in [2.45, 2.75) is 0 Å². The zero-order valence-corrected chi connectivity index (χ0v) is 9.93. The number of hydrogen-bond acceptors (Lipinski definition) is 1. The summed E-state index contributed by atoms with van der Waals surface area (Å²) in [4.78, 5) is 0. The summed E-state index contributed by atoms with van der Waals surface area (Å²) in [5, 5.41) is 11.4. The number of ether oxygens (including phenoxy) is 1. The summed E-state index contributed by atoms with van der Waals surface area (Å²) in [5.74, 6) is -0.925. The minimum atomic E-state index is -0.620. The zero-order chi connectivity index (χ0) is 12.4. The van der Waals surface area contributed by atoms with Crippen molar-refractivity contribution in [1.29, 1.82) is 0 Å². The third-order valence-corrected chi connectivity index (χ3v) is 2.65. The summed E-state index contributed by atoms with van der Waals surface area (Å²) in [7, 11) is 0. The van der Waals surface area contributed by atoms with Gasteiger partial charge in [-0.05, 0) is 30.3 Å². The van der Waals surface area contributed by atoms with E-state index < -0.39 is 5.82 Å². The van der Waals surface area contributed by atoms with E-state index in [1.54, 1.807) is 0 Å². The van der Waals surface area contributed by atoms with Gasteiger partial charge in [-0.15, -0.1) is 0 Å². The molecule has 0 saturated heterocycles. The Morgan fingerprint density at radius 3 is 2.53 bits per heavy atom. The van der Waals surface area contributed by atoms with Crippen LogP contribution in [0.3, 0.4) is 0 Å². The summed E-state index contributed by atoms with van der Waals surface area (Å²) in [6.07, 6.45) is 0. The van der Waals surface area contributed by atoms with Gasteiger partial charge in [0.25, 0.3) is 0 Å². The number of halogens is 3. The van der Waals surface area contributed by atoms with Crippen LogP contribution in [0.2, 0.25) is 10.0 Å². The summed E-state index contributed by atoms with van der Waals surface area (Å²) in [6.45, 7) is 0. The first-order valence-electron chi connectivity index (χ1n) is 4.66. The molecule has 0 aliphatic rings. The fourth-order valence-electron chi connectivity index (χ4n) is 1.25. The second kappa shape index (κ2) is 4.82. The first kappa shape index (κ1) is 12.0. The van der Waals surface area contributed by atoms with Crippen LogP contribution < -0.4 is 4.74 Å². The maximum absolute atomic E-state index is 13.4. The van der Waals surface area contributed by atoms with Gasteiger partial charge in [-0.3, -0.25) is 5.11 Å². The van der Waals surface area contributed by atoms with E-state index in [-0.39, 0.29) is 27.3 Å². The van der Waals surface area contributed by atoms with Gasteiger partial charge in [-0.1, -0.05) is 29.3 Å². The Hall–Kier alpha value is -1.45. The van der Waals surface area contributed by atoms with Gasteiger partial charge in [-0.2, -0.15) is 0 Å². The molecule has 0 atom stereocenters. The lowest BCUT2D eigenvalue weighted by Crippen LogP contribution is -1.89. The molecule has 2 aromatic rings. The van der Waals surface area contributed by atoms with E-state index in [0.29, 0.717) is 0 Å². The quantitative estimate of drug-likeness (QED) is 0.750. The van der Waals surface area contributed by atoms with E-state index in [4.69, 9.17) is 27.9 Å². The molecule has 0 aliphatic carbocycles. The highest BCUT2D eigenvalue weighted by Crippen LogP contribution is 2.36. The van der Waals surface area contributed by atoms with Crippen LogP contribution >= 0.6 is 23.2 Å². The van der Waals surface area contributed by atoms with Crippen molar-refractivity contribution in [2.24, 2.45) is 0 Å². The fraction of sp³-hybridized carbons (Fsp3) is 0. The first-order valence-corrected chi connectivity index (χ1v) is 5.42. The van der Waals surface area contributed by atoms with Crippen LogP contribution in [0, 0.1) is 5.82 Å². The largest absolute Gasteiger partial charge is 0.453 e. The molecule has 2 rings (SSSR count). The highest BCUT2D eigenvalue weighted by Gasteiger charge is 2.11. The second-order valence-corrected chi connectivity index (χ2v) is 4.06. The van der Waals surface area contributed by atoms with Crippen LogP contribution in [0.4, 0.5) is 4.39 Å².